The van der Waals surface area contributed by atoms with Crippen molar-refractivity contribution < 1.29 is 14.6 Å². The van der Waals surface area contributed by atoms with E-state index >= 15 is 0 Å². The van der Waals surface area contributed by atoms with Gasteiger partial charge in [0.15, 0.2) is 4.88 Å². The minimum atomic E-state index is -0.915. The van der Waals surface area contributed by atoms with Gasteiger partial charge in [0.1, 0.15) is 5.75 Å². The van der Waals surface area contributed by atoms with Crippen LogP contribution < -0.4 is 4.74 Å². The number of nitrogens with zero attached hydrogens (tertiary/aromatic N) is 2. The number of hydrogen-bond donors (Lipinski definition) is 1. The molecule has 0 aliphatic carbocycles. The SMILES string of the molecule is CC(CCN1CCN(C)CC1)Oc1ccsc1C(=O)O. The summed E-state index contributed by atoms with van der Waals surface area (Å²) < 4.78 is 5.75. The molecule has 20 heavy (non-hydrogen) atoms. The zero-order chi connectivity index (χ0) is 14.5. The molecular weight excluding hydrogens is 276 g/mol. The summed E-state index contributed by atoms with van der Waals surface area (Å²) in [5.74, 6) is -0.422. The van der Waals surface area contributed by atoms with E-state index in [1.54, 1.807) is 11.4 Å². The van der Waals surface area contributed by atoms with Crippen LogP contribution in [0.15, 0.2) is 11.4 Å². The van der Waals surface area contributed by atoms with Gasteiger partial charge < -0.3 is 19.6 Å². The summed E-state index contributed by atoms with van der Waals surface area (Å²) in [6.07, 6.45) is 0.945. The molecule has 0 saturated carbocycles. The van der Waals surface area contributed by atoms with Gasteiger partial charge in [0.05, 0.1) is 6.10 Å². The predicted octanol–water partition coefficient (Wildman–Crippen LogP) is 1.85. The third-order valence-electron chi connectivity index (χ3n) is 3.60. The maximum absolute atomic E-state index is 11.0. The summed E-state index contributed by atoms with van der Waals surface area (Å²) in [4.78, 5) is 16.1. The number of piperazine rings is 1. The zero-order valence-corrected chi connectivity index (χ0v) is 12.9. The van der Waals surface area contributed by atoms with E-state index in [4.69, 9.17) is 9.84 Å². The molecular formula is C14H22N2O3S. The summed E-state index contributed by atoms with van der Waals surface area (Å²) in [5.41, 5.74) is 0. The minimum Gasteiger partial charge on any atom is -0.489 e. The smallest absolute Gasteiger partial charge is 0.349 e. The van der Waals surface area contributed by atoms with Gasteiger partial charge in [-0.3, -0.25) is 0 Å². The maximum atomic E-state index is 11.0. The monoisotopic (exact) mass is 298 g/mol. The molecule has 1 atom stereocenters. The van der Waals surface area contributed by atoms with Gasteiger partial charge in [-0.2, -0.15) is 0 Å². The first kappa shape index (κ1) is 15.3. The lowest BCUT2D eigenvalue weighted by Crippen LogP contribution is -2.45. The molecule has 0 aromatic carbocycles. The highest BCUT2D eigenvalue weighted by atomic mass is 32.1. The van der Waals surface area contributed by atoms with Crippen LogP contribution in [-0.4, -0.2) is 66.8 Å². The fourth-order valence-electron chi connectivity index (χ4n) is 2.26. The van der Waals surface area contributed by atoms with Crippen LogP contribution in [0, 0.1) is 0 Å². The topological polar surface area (TPSA) is 53.0 Å². The Morgan fingerprint density at radius 1 is 1.45 bits per heavy atom. The van der Waals surface area contributed by atoms with E-state index in [1.807, 2.05) is 6.92 Å². The first-order valence-corrected chi connectivity index (χ1v) is 7.82. The average Bonchev–Trinajstić information content (AvgIpc) is 2.86. The van der Waals surface area contributed by atoms with Crippen LogP contribution >= 0.6 is 11.3 Å². The number of thiophene rings is 1. The van der Waals surface area contributed by atoms with Crippen molar-refractivity contribution in [1.82, 2.24) is 9.80 Å². The Bertz CT molecular complexity index is 441. The molecule has 5 nitrogen and oxygen atoms in total. The Morgan fingerprint density at radius 3 is 2.80 bits per heavy atom. The maximum Gasteiger partial charge on any atom is 0.349 e. The van der Waals surface area contributed by atoms with Gasteiger partial charge in [-0.25, -0.2) is 4.79 Å². The van der Waals surface area contributed by atoms with Gasteiger partial charge in [-0.15, -0.1) is 11.3 Å². The molecule has 6 heteroatoms. The van der Waals surface area contributed by atoms with Crippen molar-refractivity contribution in [2.24, 2.45) is 0 Å². The zero-order valence-electron chi connectivity index (χ0n) is 12.0. The minimum absolute atomic E-state index is 0.0300. The van der Waals surface area contributed by atoms with E-state index in [0.29, 0.717) is 5.75 Å². The summed E-state index contributed by atoms with van der Waals surface area (Å²) in [7, 11) is 2.15. The summed E-state index contributed by atoms with van der Waals surface area (Å²) >= 11 is 1.21. The van der Waals surface area contributed by atoms with Crippen LogP contribution in [0.5, 0.6) is 5.75 Å². The molecule has 2 heterocycles. The molecule has 1 fully saturated rings. The molecule has 0 bridgehead atoms. The van der Waals surface area contributed by atoms with Gasteiger partial charge >= 0.3 is 5.97 Å². The van der Waals surface area contributed by atoms with Gasteiger partial charge in [-0.05, 0) is 31.8 Å². The summed E-state index contributed by atoms with van der Waals surface area (Å²) in [5, 5.41) is 10.8. The third kappa shape index (κ3) is 4.19. The number of carboxylic acid groups (broad SMARTS) is 1. The second kappa shape index (κ2) is 7.06. The lowest BCUT2D eigenvalue weighted by molar-refractivity contribution is 0.0694. The molecule has 2 rings (SSSR count). The third-order valence-corrected chi connectivity index (χ3v) is 4.48. The van der Waals surface area contributed by atoms with Crippen molar-refractivity contribution in [2.45, 2.75) is 19.4 Å². The molecule has 1 aromatic rings. The molecule has 112 valence electrons. The number of rotatable bonds is 6. The summed E-state index contributed by atoms with van der Waals surface area (Å²) in [6, 6.07) is 1.74. The number of hydrogen-bond acceptors (Lipinski definition) is 5. The van der Waals surface area contributed by atoms with E-state index in [0.717, 1.165) is 39.1 Å². The molecule has 1 saturated heterocycles. The first-order chi connectivity index (χ1) is 9.56. The van der Waals surface area contributed by atoms with Gasteiger partial charge in [-0.1, -0.05) is 0 Å². The average molecular weight is 298 g/mol. The molecule has 1 aromatic heterocycles. The number of likely N-dealkylation sites (N-methyl/N-ethyl adjacent to an activating group) is 1. The van der Waals surface area contributed by atoms with Crippen molar-refractivity contribution in [3.8, 4) is 5.75 Å². The molecule has 0 radical (unpaired) electrons. The number of carboxylic acids is 1. The van der Waals surface area contributed by atoms with E-state index in [2.05, 4.69) is 16.8 Å². The fourth-order valence-corrected chi connectivity index (χ4v) is 2.92. The number of carbonyl (C=O) groups is 1. The van der Waals surface area contributed by atoms with Crippen molar-refractivity contribution in [3.63, 3.8) is 0 Å². The van der Waals surface area contributed by atoms with Gasteiger partial charge in [0.25, 0.3) is 0 Å². The molecule has 1 N–H and O–H groups in total. The highest BCUT2D eigenvalue weighted by Crippen LogP contribution is 2.26. The normalized spacial score (nSPS) is 18.9. The number of ether oxygens (including phenoxy) is 1. The molecule has 1 unspecified atom stereocenters. The van der Waals surface area contributed by atoms with Crippen LogP contribution in [0.2, 0.25) is 0 Å². The highest BCUT2D eigenvalue weighted by Gasteiger charge is 2.17. The Balaban J connectivity index is 1.76. The van der Waals surface area contributed by atoms with Crippen LogP contribution in [0.4, 0.5) is 0 Å². The van der Waals surface area contributed by atoms with E-state index in [1.165, 1.54) is 11.3 Å². The predicted molar refractivity (Wildman–Crippen MR) is 79.9 cm³/mol. The van der Waals surface area contributed by atoms with Crippen molar-refractivity contribution in [1.29, 1.82) is 0 Å². The van der Waals surface area contributed by atoms with Crippen molar-refractivity contribution in [3.05, 3.63) is 16.3 Å². The van der Waals surface area contributed by atoms with E-state index < -0.39 is 5.97 Å². The second-order valence-corrected chi connectivity index (χ2v) is 6.20. The fraction of sp³-hybridized carbons (Fsp3) is 0.643. The van der Waals surface area contributed by atoms with Crippen LogP contribution in [0.3, 0.4) is 0 Å². The van der Waals surface area contributed by atoms with E-state index in [9.17, 15) is 4.79 Å². The van der Waals surface area contributed by atoms with E-state index in [-0.39, 0.29) is 11.0 Å². The molecule has 0 amide bonds. The van der Waals surface area contributed by atoms with Crippen LogP contribution in [-0.2, 0) is 0 Å². The standard InChI is InChI=1S/C14H22N2O3S/c1-11(3-5-16-8-6-15(2)7-9-16)19-12-4-10-20-13(12)14(17)18/h4,10-11H,3,5-9H2,1-2H3,(H,17,18). The lowest BCUT2D eigenvalue weighted by Gasteiger charge is -2.32. The largest absolute Gasteiger partial charge is 0.489 e. The Kier molecular flexibility index (Phi) is 5.39. The quantitative estimate of drug-likeness (QED) is 0.868. The van der Waals surface area contributed by atoms with Crippen LogP contribution in [0.25, 0.3) is 0 Å². The van der Waals surface area contributed by atoms with Crippen LogP contribution in [0.1, 0.15) is 23.0 Å². The van der Waals surface area contributed by atoms with Crippen molar-refractivity contribution >= 4 is 17.3 Å². The lowest BCUT2D eigenvalue weighted by atomic mass is 10.2. The molecule has 1 aliphatic heterocycles. The van der Waals surface area contributed by atoms with Gasteiger partial charge in [0, 0.05) is 32.7 Å². The number of aromatic carboxylic acids is 1. The highest BCUT2D eigenvalue weighted by molar-refractivity contribution is 7.12. The van der Waals surface area contributed by atoms with Crippen molar-refractivity contribution in [2.75, 3.05) is 39.8 Å². The molecule has 1 aliphatic rings. The van der Waals surface area contributed by atoms with Gasteiger partial charge in [0.2, 0.25) is 0 Å². The Labute approximate surface area is 123 Å². The molecule has 0 spiro atoms. The summed E-state index contributed by atoms with van der Waals surface area (Å²) in [6.45, 7) is 7.43. The Morgan fingerprint density at radius 2 is 2.15 bits per heavy atom. The second-order valence-electron chi connectivity index (χ2n) is 5.28. The first-order valence-electron chi connectivity index (χ1n) is 6.94. The Hall–Kier alpha value is -1.11.